The molecular weight excluding hydrogens is 266 g/mol. The molecule has 3 heterocycles. The van der Waals surface area contributed by atoms with Crippen LogP contribution in [0.1, 0.15) is 34.6 Å². The van der Waals surface area contributed by atoms with Crippen molar-refractivity contribution in [1.29, 1.82) is 0 Å². The van der Waals surface area contributed by atoms with Crippen molar-refractivity contribution in [3.8, 4) is 0 Å². The molecule has 0 saturated carbocycles. The van der Waals surface area contributed by atoms with Crippen LogP contribution in [0.4, 0.5) is 0 Å². The van der Waals surface area contributed by atoms with Gasteiger partial charge in [0.2, 0.25) is 0 Å². The molecule has 6 heteroatoms. The van der Waals surface area contributed by atoms with Gasteiger partial charge in [0.15, 0.2) is 0 Å². The Morgan fingerprint density at radius 1 is 1.38 bits per heavy atom. The molecule has 2 aromatic rings. The maximum Gasteiger partial charge on any atom is 0.136 e. The fourth-order valence-corrected chi connectivity index (χ4v) is 2.88. The fourth-order valence-electron chi connectivity index (χ4n) is 2.88. The normalized spacial score (nSPS) is 20.1. The van der Waals surface area contributed by atoms with Crippen LogP contribution in [0, 0.1) is 20.8 Å². The Labute approximate surface area is 125 Å². The molecule has 0 aliphatic carbocycles. The van der Waals surface area contributed by atoms with Crippen molar-refractivity contribution in [3.05, 3.63) is 34.7 Å². The minimum absolute atomic E-state index is 0.0322. The highest BCUT2D eigenvalue weighted by molar-refractivity contribution is 5.24. The maximum atomic E-state index is 5.85. The Bertz CT molecular complexity index is 630. The first-order valence-corrected chi connectivity index (χ1v) is 7.39. The lowest BCUT2D eigenvalue weighted by Crippen LogP contribution is -2.38. The molecule has 1 saturated heterocycles. The molecular formula is C15H23N5O. The highest BCUT2D eigenvalue weighted by Crippen LogP contribution is 2.22. The van der Waals surface area contributed by atoms with Crippen LogP contribution in [-0.4, -0.2) is 44.3 Å². The molecule has 1 aliphatic heterocycles. The zero-order chi connectivity index (χ0) is 15.0. The number of aryl methyl sites for hydroxylation is 3. The third-order valence-electron chi connectivity index (χ3n) is 4.22. The summed E-state index contributed by atoms with van der Waals surface area (Å²) in [5.41, 5.74) is 4.76. The molecule has 21 heavy (non-hydrogen) atoms. The lowest BCUT2D eigenvalue weighted by atomic mass is 10.1. The third-order valence-corrected chi connectivity index (χ3v) is 4.22. The maximum absolute atomic E-state index is 5.85. The van der Waals surface area contributed by atoms with E-state index in [2.05, 4.69) is 33.8 Å². The van der Waals surface area contributed by atoms with Crippen LogP contribution < -0.4 is 0 Å². The molecule has 2 aromatic heterocycles. The largest absolute Gasteiger partial charge is 0.368 e. The quantitative estimate of drug-likeness (QED) is 0.933. The molecule has 0 spiro atoms. The van der Waals surface area contributed by atoms with E-state index in [1.54, 1.807) is 0 Å². The van der Waals surface area contributed by atoms with E-state index in [1.165, 1.54) is 11.3 Å². The Morgan fingerprint density at radius 2 is 2.19 bits per heavy atom. The van der Waals surface area contributed by atoms with Gasteiger partial charge in [0.05, 0.1) is 12.3 Å². The first-order valence-electron chi connectivity index (χ1n) is 7.39. The number of nitrogens with one attached hydrogen (secondary N) is 1. The molecule has 114 valence electrons. The number of aromatic amines is 1. The molecule has 1 N–H and O–H groups in total. The monoisotopic (exact) mass is 289 g/mol. The molecule has 0 bridgehead atoms. The standard InChI is InChI=1S/C15H23N5O/c1-10-7-16-15(17-10)14-9-20(5-6-21-14)8-13-11(2)18-19(4)12(13)3/h7,14H,5-6,8-9H2,1-4H3,(H,16,17)/t14-/m0/s1. The number of imidazole rings is 1. The van der Waals surface area contributed by atoms with Gasteiger partial charge in [0.1, 0.15) is 11.9 Å². The van der Waals surface area contributed by atoms with Gasteiger partial charge in [0, 0.05) is 49.8 Å². The summed E-state index contributed by atoms with van der Waals surface area (Å²) >= 11 is 0. The zero-order valence-corrected chi connectivity index (χ0v) is 13.2. The minimum Gasteiger partial charge on any atom is -0.368 e. The summed E-state index contributed by atoms with van der Waals surface area (Å²) in [6.45, 7) is 9.69. The van der Waals surface area contributed by atoms with Crippen LogP contribution in [0.15, 0.2) is 6.20 Å². The molecule has 6 nitrogen and oxygen atoms in total. The second-order valence-corrected chi connectivity index (χ2v) is 5.82. The van der Waals surface area contributed by atoms with Crippen molar-refractivity contribution >= 4 is 0 Å². The topological polar surface area (TPSA) is 59.0 Å². The van der Waals surface area contributed by atoms with Gasteiger partial charge in [-0.2, -0.15) is 5.10 Å². The molecule has 1 fully saturated rings. The van der Waals surface area contributed by atoms with E-state index in [0.717, 1.165) is 43.5 Å². The predicted molar refractivity (Wildman–Crippen MR) is 80.0 cm³/mol. The van der Waals surface area contributed by atoms with Crippen molar-refractivity contribution in [1.82, 2.24) is 24.6 Å². The van der Waals surface area contributed by atoms with E-state index in [4.69, 9.17) is 4.74 Å². The summed E-state index contributed by atoms with van der Waals surface area (Å²) in [7, 11) is 2.00. The van der Waals surface area contributed by atoms with Gasteiger partial charge in [-0.25, -0.2) is 4.98 Å². The summed E-state index contributed by atoms with van der Waals surface area (Å²) in [5.74, 6) is 0.928. The molecule has 1 aliphatic rings. The zero-order valence-electron chi connectivity index (χ0n) is 13.2. The smallest absolute Gasteiger partial charge is 0.136 e. The van der Waals surface area contributed by atoms with Crippen molar-refractivity contribution < 1.29 is 4.74 Å². The lowest BCUT2D eigenvalue weighted by Gasteiger charge is -2.32. The van der Waals surface area contributed by atoms with Gasteiger partial charge in [-0.15, -0.1) is 0 Å². The summed E-state index contributed by atoms with van der Waals surface area (Å²) in [5, 5.41) is 4.50. The number of hydrogen-bond acceptors (Lipinski definition) is 4. The average molecular weight is 289 g/mol. The Kier molecular flexibility index (Phi) is 3.82. The first kappa shape index (κ1) is 14.3. The van der Waals surface area contributed by atoms with Gasteiger partial charge in [0.25, 0.3) is 0 Å². The molecule has 1 atom stereocenters. The van der Waals surface area contributed by atoms with E-state index in [0.29, 0.717) is 0 Å². The van der Waals surface area contributed by atoms with Gasteiger partial charge in [-0.1, -0.05) is 0 Å². The SMILES string of the molecule is Cc1cnc([C@@H]2CN(Cc3c(C)nn(C)c3C)CCO2)[nH]1. The van der Waals surface area contributed by atoms with Crippen LogP contribution in [-0.2, 0) is 18.3 Å². The molecule has 3 rings (SSSR count). The van der Waals surface area contributed by atoms with Crippen LogP contribution in [0.25, 0.3) is 0 Å². The minimum atomic E-state index is 0.0322. The Hall–Kier alpha value is -1.66. The second-order valence-electron chi connectivity index (χ2n) is 5.82. The van der Waals surface area contributed by atoms with E-state index in [9.17, 15) is 0 Å². The summed E-state index contributed by atoms with van der Waals surface area (Å²) in [6, 6.07) is 0. The van der Waals surface area contributed by atoms with Crippen LogP contribution in [0.3, 0.4) is 0 Å². The molecule has 0 aromatic carbocycles. The number of H-pyrrole nitrogens is 1. The van der Waals surface area contributed by atoms with E-state index in [-0.39, 0.29) is 6.10 Å². The number of hydrogen-bond donors (Lipinski definition) is 1. The van der Waals surface area contributed by atoms with E-state index < -0.39 is 0 Å². The molecule has 0 unspecified atom stereocenters. The number of ether oxygens (including phenoxy) is 1. The number of aromatic nitrogens is 4. The molecule has 0 radical (unpaired) electrons. The number of morpholine rings is 1. The van der Waals surface area contributed by atoms with Crippen molar-refractivity contribution in [2.45, 2.75) is 33.4 Å². The predicted octanol–water partition coefficient (Wildman–Crippen LogP) is 1.64. The van der Waals surface area contributed by atoms with E-state index in [1.807, 2.05) is 24.9 Å². The number of nitrogens with zero attached hydrogens (tertiary/aromatic N) is 4. The van der Waals surface area contributed by atoms with Crippen LogP contribution in [0.2, 0.25) is 0 Å². The average Bonchev–Trinajstić information content (AvgIpc) is 2.99. The van der Waals surface area contributed by atoms with Gasteiger partial charge in [-0.3, -0.25) is 9.58 Å². The van der Waals surface area contributed by atoms with Crippen LogP contribution in [0.5, 0.6) is 0 Å². The second kappa shape index (κ2) is 5.61. The van der Waals surface area contributed by atoms with Gasteiger partial charge >= 0.3 is 0 Å². The summed E-state index contributed by atoms with van der Waals surface area (Å²) in [4.78, 5) is 10.1. The fraction of sp³-hybridized carbons (Fsp3) is 0.600. The Morgan fingerprint density at radius 3 is 2.81 bits per heavy atom. The Balaban J connectivity index is 1.71. The van der Waals surface area contributed by atoms with Crippen molar-refractivity contribution in [2.24, 2.45) is 7.05 Å². The summed E-state index contributed by atoms with van der Waals surface area (Å²) in [6.07, 6.45) is 1.89. The number of rotatable bonds is 3. The molecule has 0 amide bonds. The third kappa shape index (κ3) is 2.87. The van der Waals surface area contributed by atoms with Gasteiger partial charge < -0.3 is 9.72 Å². The van der Waals surface area contributed by atoms with E-state index >= 15 is 0 Å². The highest BCUT2D eigenvalue weighted by atomic mass is 16.5. The van der Waals surface area contributed by atoms with Crippen LogP contribution >= 0.6 is 0 Å². The van der Waals surface area contributed by atoms with Crippen molar-refractivity contribution in [2.75, 3.05) is 19.7 Å². The van der Waals surface area contributed by atoms with Gasteiger partial charge in [-0.05, 0) is 20.8 Å². The summed E-state index contributed by atoms with van der Waals surface area (Å²) < 4.78 is 7.81. The first-order chi connectivity index (χ1) is 10.0. The van der Waals surface area contributed by atoms with Crippen molar-refractivity contribution in [3.63, 3.8) is 0 Å². The highest BCUT2D eigenvalue weighted by Gasteiger charge is 2.25. The lowest BCUT2D eigenvalue weighted by molar-refractivity contribution is -0.0369.